The van der Waals surface area contributed by atoms with E-state index in [-0.39, 0.29) is 0 Å². The average Bonchev–Trinajstić information content (AvgIpc) is 2.79. The topological polar surface area (TPSA) is 33.2 Å². The van der Waals surface area contributed by atoms with Crippen molar-refractivity contribution in [2.75, 3.05) is 18.0 Å². The Morgan fingerprint density at radius 2 is 1.83 bits per heavy atom. The summed E-state index contributed by atoms with van der Waals surface area (Å²) in [4.78, 5) is 18.0. The number of benzene rings is 1. The number of hydrogen-bond acceptors (Lipinski definition) is 4. The molecule has 0 aliphatic carbocycles. The summed E-state index contributed by atoms with van der Waals surface area (Å²) in [6, 6.07) is 8.61. The van der Waals surface area contributed by atoms with Gasteiger partial charge in [0.15, 0.2) is 11.4 Å². The van der Waals surface area contributed by atoms with Crippen LogP contribution in [-0.4, -0.2) is 24.4 Å². The second-order valence-corrected chi connectivity index (χ2v) is 5.46. The maximum absolute atomic E-state index is 10.7. The molecule has 1 aromatic carbocycles. The van der Waals surface area contributed by atoms with Gasteiger partial charge >= 0.3 is 0 Å². The van der Waals surface area contributed by atoms with Gasteiger partial charge in [-0.3, -0.25) is 4.79 Å². The highest BCUT2D eigenvalue weighted by Crippen LogP contribution is 2.24. The summed E-state index contributed by atoms with van der Waals surface area (Å²) in [7, 11) is 0. The molecule has 0 radical (unpaired) electrons. The molecular weight excluding hydrogens is 244 g/mol. The first-order valence-electron chi connectivity index (χ1n) is 6.09. The average molecular weight is 258 g/mol. The van der Waals surface area contributed by atoms with Crippen molar-refractivity contribution < 1.29 is 4.79 Å². The number of nitrogens with zero attached hydrogens (tertiary/aromatic N) is 2. The van der Waals surface area contributed by atoms with Crippen LogP contribution in [0.3, 0.4) is 0 Å². The Labute approximate surface area is 110 Å². The first-order chi connectivity index (χ1) is 8.86. The van der Waals surface area contributed by atoms with Crippen molar-refractivity contribution in [1.82, 2.24) is 4.98 Å². The molecule has 3 nitrogen and oxygen atoms in total. The van der Waals surface area contributed by atoms with E-state index in [1.54, 1.807) is 6.20 Å². The highest BCUT2D eigenvalue weighted by molar-refractivity contribution is 7.17. The zero-order valence-electron chi connectivity index (χ0n) is 10.0. The second-order valence-electron chi connectivity index (χ2n) is 4.42. The molecule has 3 rings (SSSR count). The molecule has 2 aromatic rings. The van der Waals surface area contributed by atoms with Crippen molar-refractivity contribution in [3.8, 4) is 0 Å². The molecule has 4 heteroatoms. The Hall–Kier alpha value is -1.68. The molecule has 1 aliphatic rings. The minimum Gasteiger partial charge on any atom is -0.347 e. The Morgan fingerprint density at radius 3 is 2.39 bits per heavy atom. The summed E-state index contributed by atoms with van der Waals surface area (Å²) in [6.45, 7) is 1.95. The lowest BCUT2D eigenvalue weighted by atomic mass is 10.0. The molecule has 1 aliphatic heterocycles. The van der Waals surface area contributed by atoms with Crippen LogP contribution in [0.1, 0.15) is 20.8 Å². The summed E-state index contributed by atoms with van der Waals surface area (Å²) in [5.74, 6) is 0. The van der Waals surface area contributed by atoms with Crippen LogP contribution in [0.5, 0.6) is 0 Å². The summed E-state index contributed by atoms with van der Waals surface area (Å²) in [5, 5.41) is 0.963. The number of fused-ring (bicyclic) bond motifs is 1. The van der Waals surface area contributed by atoms with Gasteiger partial charge in [0, 0.05) is 13.1 Å². The molecule has 0 saturated carbocycles. The number of hydrogen-bond donors (Lipinski definition) is 0. The third kappa shape index (κ3) is 2.16. The fraction of sp³-hybridized carbons (Fsp3) is 0.286. The summed E-state index contributed by atoms with van der Waals surface area (Å²) in [5.41, 5.74) is 2.87. The van der Waals surface area contributed by atoms with Crippen LogP contribution in [0.4, 0.5) is 5.13 Å². The van der Waals surface area contributed by atoms with Crippen LogP contribution in [0.25, 0.3) is 0 Å². The zero-order valence-corrected chi connectivity index (χ0v) is 10.8. The molecule has 0 bridgehead atoms. The number of thiazole rings is 1. The number of aldehydes is 1. The maximum Gasteiger partial charge on any atom is 0.185 e. The van der Waals surface area contributed by atoms with Gasteiger partial charge in [-0.2, -0.15) is 0 Å². The van der Waals surface area contributed by atoms with Gasteiger partial charge in [-0.25, -0.2) is 4.98 Å². The quantitative estimate of drug-likeness (QED) is 0.776. The predicted octanol–water partition coefficient (Wildman–Crippen LogP) is 2.56. The number of anilines is 1. The summed E-state index contributed by atoms with van der Waals surface area (Å²) >= 11 is 1.47. The third-order valence-electron chi connectivity index (χ3n) is 3.32. The fourth-order valence-corrected chi connectivity index (χ4v) is 3.12. The van der Waals surface area contributed by atoms with E-state index in [9.17, 15) is 4.79 Å². The highest BCUT2D eigenvalue weighted by atomic mass is 32.1. The van der Waals surface area contributed by atoms with Crippen molar-refractivity contribution in [2.24, 2.45) is 0 Å². The largest absolute Gasteiger partial charge is 0.347 e. The molecule has 0 saturated heterocycles. The van der Waals surface area contributed by atoms with Gasteiger partial charge in [0.25, 0.3) is 0 Å². The van der Waals surface area contributed by atoms with Gasteiger partial charge in [-0.1, -0.05) is 35.6 Å². The van der Waals surface area contributed by atoms with E-state index in [0.29, 0.717) is 4.88 Å². The summed E-state index contributed by atoms with van der Waals surface area (Å²) < 4.78 is 0. The Kier molecular flexibility index (Phi) is 3.11. The number of aromatic nitrogens is 1. The fourth-order valence-electron chi connectivity index (χ4n) is 2.34. The van der Waals surface area contributed by atoms with Crippen molar-refractivity contribution in [1.29, 1.82) is 0 Å². The molecule has 0 N–H and O–H groups in total. The number of carbonyl (C=O) groups is 1. The smallest absolute Gasteiger partial charge is 0.185 e. The van der Waals surface area contributed by atoms with E-state index in [1.165, 1.54) is 22.5 Å². The van der Waals surface area contributed by atoms with Crippen LogP contribution in [0, 0.1) is 0 Å². The molecule has 18 heavy (non-hydrogen) atoms. The van der Waals surface area contributed by atoms with Gasteiger partial charge in [-0.05, 0) is 24.0 Å². The lowest BCUT2D eigenvalue weighted by molar-refractivity contribution is 0.112. The van der Waals surface area contributed by atoms with Gasteiger partial charge < -0.3 is 4.90 Å². The minimum atomic E-state index is 0.701. The van der Waals surface area contributed by atoms with E-state index >= 15 is 0 Å². The van der Waals surface area contributed by atoms with Crippen LogP contribution in [0.15, 0.2) is 30.5 Å². The monoisotopic (exact) mass is 258 g/mol. The third-order valence-corrected chi connectivity index (χ3v) is 4.30. The molecule has 1 aromatic heterocycles. The number of rotatable bonds is 2. The molecule has 0 atom stereocenters. The van der Waals surface area contributed by atoms with Crippen molar-refractivity contribution in [2.45, 2.75) is 12.8 Å². The van der Waals surface area contributed by atoms with E-state index < -0.39 is 0 Å². The Balaban J connectivity index is 1.80. The molecule has 2 heterocycles. The van der Waals surface area contributed by atoms with E-state index in [1.807, 2.05) is 0 Å². The van der Waals surface area contributed by atoms with Crippen LogP contribution in [0.2, 0.25) is 0 Å². The Bertz CT molecular complexity index is 537. The van der Waals surface area contributed by atoms with Gasteiger partial charge in [0.05, 0.1) is 11.1 Å². The van der Waals surface area contributed by atoms with Crippen molar-refractivity contribution in [3.05, 3.63) is 46.5 Å². The number of carbonyl (C=O) groups excluding carboxylic acids is 1. The SMILES string of the molecule is O=Cc1cnc(N2CCc3ccccc3CC2)s1. The van der Waals surface area contributed by atoms with Crippen molar-refractivity contribution in [3.63, 3.8) is 0 Å². The molecule has 0 spiro atoms. The first kappa shape index (κ1) is 11.4. The van der Waals surface area contributed by atoms with Crippen LogP contribution < -0.4 is 4.90 Å². The standard InChI is InChI=1S/C14H14N2OS/c17-10-13-9-15-14(18-13)16-7-5-11-3-1-2-4-12(11)6-8-16/h1-4,9-10H,5-8H2. The minimum absolute atomic E-state index is 0.701. The van der Waals surface area contributed by atoms with E-state index in [4.69, 9.17) is 0 Å². The van der Waals surface area contributed by atoms with Crippen molar-refractivity contribution >= 4 is 22.8 Å². The molecule has 0 unspecified atom stereocenters. The van der Waals surface area contributed by atoms with Crippen LogP contribution in [-0.2, 0) is 12.8 Å². The first-order valence-corrected chi connectivity index (χ1v) is 6.91. The lowest BCUT2D eigenvalue weighted by Crippen LogP contribution is -2.25. The predicted molar refractivity (Wildman–Crippen MR) is 73.6 cm³/mol. The van der Waals surface area contributed by atoms with Gasteiger partial charge in [0.1, 0.15) is 0 Å². The Morgan fingerprint density at radius 1 is 1.17 bits per heavy atom. The normalized spacial score (nSPS) is 15.0. The van der Waals surface area contributed by atoms with E-state index in [2.05, 4.69) is 34.1 Å². The van der Waals surface area contributed by atoms with Gasteiger partial charge in [0.2, 0.25) is 0 Å². The molecule has 0 amide bonds. The second kappa shape index (κ2) is 4.90. The van der Waals surface area contributed by atoms with Gasteiger partial charge in [-0.15, -0.1) is 0 Å². The maximum atomic E-state index is 10.7. The summed E-state index contributed by atoms with van der Waals surface area (Å²) in [6.07, 6.45) is 4.62. The molecular formula is C14H14N2OS. The molecule has 0 fully saturated rings. The van der Waals surface area contributed by atoms with Crippen LogP contribution >= 0.6 is 11.3 Å². The van der Waals surface area contributed by atoms with E-state index in [0.717, 1.165) is 37.3 Å². The zero-order chi connectivity index (χ0) is 12.4. The highest BCUT2D eigenvalue weighted by Gasteiger charge is 2.16. The molecule has 92 valence electrons. The lowest BCUT2D eigenvalue weighted by Gasteiger charge is -2.18.